The Kier molecular flexibility index (Phi) is 2.76. The second kappa shape index (κ2) is 4.05. The minimum atomic E-state index is 0.0982. The smallest absolute Gasteiger partial charge is 0.134 e. The zero-order chi connectivity index (χ0) is 10.8. The number of phenols is 1. The summed E-state index contributed by atoms with van der Waals surface area (Å²) in [5.74, 6) is 0.462. The number of phenolic OH excluding ortho intramolecular Hbond substituents is 1. The predicted octanol–water partition coefficient (Wildman–Crippen LogP) is 2.40. The number of aryl methyl sites for hydroxylation is 1. The molecule has 0 aromatic heterocycles. The quantitative estimate of drug-likeness (QED) is 0.803. The van der Waals surface area contributed by atoms with Crippen LogP contribution in [0.2, 0.25) is 0 Å². The summed E-state index contributed by atoms with van der Waals surface area (Å²) in [5, 5.41) is 10.0. The lowest BCUT2D eigenvalue weighted by molar-refractivity contribution is -0.116. The highest BCUT2D eigenvalue weighted by atomic mass is 16.3. The van der Waals surface area contributed by atoms with Crippen molar-refractivity contribution in [3.05, 3.63) is 28.8 Å². The van der Waals surface area contributed by atoms with Crippen molar-refractivity contribution >= 4 is 5.78 Å². The third-order valence-corrected chi connectivity index (χ3v) is 3.03. The van der Waals surface area contributed by atoms with Gasteiger partial charge in [-0.05, 0) is 43.7 Å². The van der Waals surface area contributed by atoms with E-state index in [1.54, 1.807) is 6.92 Å². The normalized spacial score (nSPS) is 14.7. The summed E-state index contributed by atoms with van der Waals surface area (Å²) in [7, 11) is 0. The second-order valence-corrected chi connectivity index (χ2v) is 4.30. The summed E-state index contributed by atoms with van der Waals surface area (Å²) in [6.07, 6.45) is 4.71. The van der Waals surface area contributed by atoms with E-state index in [0.717, 1.165) is 30.4 Å². The molecule has 0 fully saturated rings. The highest BCUT2D eigenvalue weighted by molar-refractivity contribution is 5.79. The Bertz CT molecular complexity index is 394. The second-order valence-electron chi connectivity index (χ2n) is 4.30. The molecule has 0 unspecified atom stereocenters. The molecule has 1 N–H and O–H groups in total. The number of hydrogen-bond donors (Lipinski definition) is 1. The van der Waals surface area contributed by atoms with E-state index in [0.29, 0.717) is 12.2 Å². The zero-order valence-electron chi connectivity index (χ0n) is 9.05. The van der Waals surface area contributed by atoms with Crippen LogP contribution in [0.1, 0.15) is 36.5 Å². The van der Waals surface area contributed by atoms with Crippen molar-refractivity contribution in [2.24, 2.45) is 0 Å². The Balaban J connectivity index is 2.38. The van der Waals surface area contributed by atoms with Crippen LogP contribution in [0, 0.1) is 0 Å². The third kappa shape index (κ3) is 2.04. The fourth-order valence-electron chi connectivity index (χ4n) is 2.27. The van der Waals surface area contributed by atoms with E-state index in [4.69, 9.17) is 0 Å². The summed E-state index contributed by atoms with van der Waals surface area (Å²) in [6, 6.07) is 3.95. The van der Waals surface area contributed by atoms with E-state index in [-0.39, 0.29) is 5.78 Å². The number of carbonyl (C=O) groups excluding carboxylic acids is 1. The molecule has 2 nitrogen and oxygen atoms in total. The number of carbonyl (C=O) groups is 1. The first-order chi connectivity index (χ1) is 7.18. The Labute approximate surface area is 89.9 Å². The van der Waals surface area contributed by atoms with Crippen LogP contribution in [0.25, 0.3) is 0 Å². The van der Waals surface area contributed by atoms with Gasteiger partial charge in [-0.2, -0.15) is 0 Å². The molecule has 1 aliphatic carbocycles. The van der Waals surface area contributed by atoms with Crippen LogP contribution >= 0.6 is 0 Å². The van der Waals surface area contributed by atoms with E-state index in [9.17, 15) is 9.90 Å². The molecule has 0 amide bonds. The number of ketones is 1. The van der Waals surface area contributed by atoms with Gasteiger partial charge in [-0.3, -0.25) is 4.79 Å². The fourth-order valence-corrected chi connectivity index (χ4v) is 2.27. The fraction of sp³-hybridized carbons (Fsp3) is 0.462. The minimum Gasteiger partial charge on any atom is -0.507 e. The molecule has 15 heavy (non-hydrogen) atoms. The number of benzene rings is 1. The van der Waals surface area contributed by atoms with Crippen LogP contribution in [0.4, 0.5) is 0 Å². The van der Waals surface area contributed by atoms with Gasteiger partial charge in [0, 0.05) is 12.0 Å². The summed E-state index contributed by atoms with van der Waals surface area (Å²) in [4.78, 5) is 11.0. The van der Waals surface area contributed by atoms with Gasteiger partial charge in [0.05, 0.1) is 0 Å². The maximum absolute atomic E-state index is 11.0. The van der Waals surface area contributed by atoms with Crippen molar-refractivity contribution in [3.8, 4) is 5.75 Å². The van der Waals surface area contributed by atoms with Crippen LogP contribution < -0.4 is 0 Å². The van der Waals surface area contributed by atoms with Crippen LogP contribution in [0.15, 0.2) is 12.1 Å². The molecule has 0 aliphatic heterocycles. The summed E-state index contributed by atoms with van der Waals surface area (Å²) < 4.78 is 0. The number of rotatable bonds is 2. The first-order valence-electron chi connectivity index (χ1n) is 5.50. The minimum absolute atomic E-state index is 0.0982. The van der Waals surface area contributed by atoms with Gasteiger partial charge in [0.25, 0.3) is 0 Å². The number of fused-ring (bicyclic) bond motifs is 1. The highest BCUT2D eigenvalue weighted by Gasteiger charge is 2.16. The molecule has 2 rings (SSSR count). The van der Waals surface area contributed by atoms with Gasteiger partial charge < -0.3 is 5.11 Å². The van der Waals surface area contributed by atoms with Gasteiger partial charge in [0.2, 0.25) is 0 Å². The summed E-state index contributed by atoms with van der Waals surface area (Å²) >= 11 is 0. The van der Waals surface area contributed by atoms with E-state index in [2.05, 4.69) is 6.07 Å². The van der Waals surface area contributed by atoms with Crippen molar-refractivity contribution in [2.45, 2.75) is 39.0 Å². The molecule has 0 saturated heterocycles. The monoisotopic (exact) mass is 204 g/mol. The molecule has 0 heterocycles. The van der Waals surface area contributed by atoms with E-state index < -0.39 is 0 Å². The average molecular weight is 204 g/mol. The molecule has 0 spiro atoms. The van der Waals surface area contributed by atoms with Crippen LogP contribution in [0.5, 0.6) is 5.75 Å². The molecule has 0 bridgehead atoms. The van der Waals surface area contributed by atoms with Crippen molar-refractivity contribution in [3.63, 3.8) is 0 Å². The van der Waals surface area contributed by atoms with Crippen LogP contribution in [0.3, 0.4) is 0 Å². The SMILES string of the molecule is CC(=O)Cc1ccc2c(c1O)CCCC2. The van der Waals surface area contributed by atoms with Crippen LogP contribution in [-0.4, -0.2) is 10.9 Å². The molecule has 80 valence electrons. The number of aromatic hydroxyl groups is 1. The molecule has 0 atom stereocenters. The molecule has 0 saturated carbocycles. The lowest BCUT2D eigenvalue weighted by Crippen LogP contribution is -2.05. The van der Waals surface area contributed by atoms with Gasteiger partial charge in [-0.15, -0.1) is 0 Å². The largest absolute Gasteiger partial charge is 0.507 e. The molecule has 0 radical (unpaired) electrons. The molecule has 1 aliphatic rings. The Morgan fingerprint density at radius 1 is 1.33 bits per heavy atom. The maximum Gasteiger partial charge on any atom is 0.134 e. The molecular weight excluding hydrogens is 188 g/mol. The topological polar surface area (TPSA) is 37.3 Å². The van der Waals surface area contributed by atoms with Crippen molar-refractivity contribution in [1.29, 1.82) is 0 Å². The molecular formula is C13H16O2. The summed E-state index contributed by atoms with van der Waals surface area (Å²) in [5.41, 5.74) is 3.11. The molecule has 1 aromatic rings. The van der Waals surface area contributed by atoms with Gasteiger partial charge in [0.1, 0.15) is 11.5 Å². The maximum atomic E-state index is 11.0. The Morgan fingerprint density at radius 3 is 2.80 bits per heavy atom. The van der Waals surface area contributed by atoms with Crippen LogP contribution in [-0.2, 0) is 24.1 Å². The summed E-state index contributed by atoms with van der Waals surface area (Å²) in [6.45, 7) is 1.55. The van der Waals surface area contributed by atoms with Crippen molar-refractivity contribution in [2.75, 3.05) is 0 Å². The molecule has 1 aromatic carbocycles. The first-order valence-corrected chi connectivity index (χ1v) is 5.50. The number of hydrogen-bond acceptors (Lipinski definition) is 2. The highest BCUT2D eigenvalue weighted by Crippen LogP contribution is 2.32. The number of Topliss-reactive ketones (excluding diaryl/α,β-unsaturated/α-hetero) is 1. The third-order valence-electron chi connectivity index (χ3n) is 3.03. The average Bonchev–Trinajstić information content (AvgIpc) is 2.22. The lowest BCUT2D eigenvalue weighted by Gasteiger charge is -2.18. The Hall–Kier alpha value is -1.31. The van der Waals surface area contributed by atoms with Gasteiger partial charge in [0.15, 0.2) is 0 Å². The lowest BCUT2D eigenvalue weighted by atomic mass is 9.88. The molecule has 2 heteroatoms. The Morgan fingerprint density at radius 2 is 2.07 bits per heavy atom. The van der Waals surface area contributed by atoms with Crippen molar-refractivity contribution < 1.29 is 9.90 Å². The first kappa shape index (κ1) is 10.2. The van der Waals surface area contributed by atoms with Gasteiger partial charge in [-0.1, -0.05) is 12.1 Å². The predicted molar refractivity (Wildman–Crippen MR) is 59.1 cm³/mol. The standard InChI is InChI=1S/C13H16O2/c1-9(14)8-11-7-6-10-4-2-3-5-12(10)13(11)15/h6-7,15H,2-5,8H2,1H3. The van der Waals surface area contributed by atoms with Gasteiger partial charge in [-0.25, -0.2) is 0 Å². The van der Waals surface area contributed by atoms with Gasteiger partial charge >= 0.3 is 0 Å². The van der Waals surface area contributed by atoms with E-state index >= 15 is 0 Å². The van der Waals surface area contributed by atoms with E-state index in [1.807, 2.05) is 6.07 Å². The zero-order valence-corrected chi connectivity index (χ0v) is 9.05. The van der Waals surface area contributed by atoms with Crippen molar-refractivity contribution in [1.82, 2.24) is 0 Å². The van der Waals surface area contributed by atoms with E-state index in [1.165, 1.54) is 12.0 Å².